The minimum absolute atomic E-state index is 0.754. The Morgan fingerprint density at radius 1 is 1.17 bits per heavy atom. The molecule has 0 atom stereocenters. The molecule has 0 unspecified atom stereocenters. The lowest BCUT2D eigenvalue weighted by molar-refractivity contribution is 0.366. The van der Waals surface area contributed by atoms with Gasteiger partial charge in [-0.25, -0.2) is 4.99 Å². The molecule has 5 heteroatoms. The predicted molar refractivity (Wildman–Crippen MR) is 99.4 cm³/mol. The highest BCUT2D eigenvalue weighted by atomic mass is 16.5. The summed E-state index contributed by atoms with van der Waals surface area (Å²) in [4.78, 5) is 6.91. The molecular weight excluding hydrogens is 300 g/mol. The first-order chi connectivity index (χ1) is 11.8. The zero-order chi connectivity index (χ0) is 16.6. The second kappa shape index (κ2) is 8.36. The van der Waals surface area contributed by atoms with Crippen molar-refractivity contribution < 1.29 is 4.74 Å². The second-order valence-corrected chi connectivity index (χ2v) is 5.75. The molecule has 5 nitrogen and oxygen atoms in total. The number of nitrogens with one attached hydrogen (secondary N) is 2. The summed E-state index contributed by atoms with van der Waals surface area (Å²) in [6.07, 6.45) is 1.94. The number of benzene rings is 2. The minimum Gasteiger partial charge on any atom is -0.497 e. The van der Waals surface area contributed by atoms with E-state index in [2.05, 4.69) is 32.7 Å². The molecular formula is C19H24N4O. The molecule has 2 aromatic carbocycles. The number of rotatable bonds is 6. The van der Waals surface area contributed by atoms with Crippen LogP contribution in [0.5, 0.6) is 5.75 Å². The van der Waals surface area contributed by atoms with E-state index in [9.17, 15) is 0 Å². The summed E-state index contributed by atoms with van der Waals surface area (Å²) >= 11 is 0. The second-order valence-electron chi connectivity index (χ2n) is 5.75. The van der Waals surface area contributed by atoms with Crippen LogP contribution in [0.15, 0.2) is 53.5 Å². The number of anilines is 1. The summed E-state index contributed by atoms with van der Waals surface area (Å²) in [5, 5.41) is 6.81. The van der Waals surface area contributed by atoms with Crippen molar-refractivity contribution in [2.24, 2.45) is 4.99 Å². The summed E-state index contributed by atoms with van der Waals surface area (Å²) in [6.45, 7) is 4.75. The van der Waals surface area contributed by atoms with Gasteiger partial charge in [0.25, 0.3) is 0 Å². The van der Waals surface area contributed by atoms with E-state index < -0.39 is 0 Å². The molecule has 2 N–H and O–H groups in total. The molecule has 1 aliphatic heterocycles. The average Bonchev–Trinajstić information content (AvgIpc) is 2.66. The number of methoxy groups -OCH3 is 1. The van der Waals surface area contributed by atoms with E-state index in [0.29, 0.717) is 0 Å². The molecule has 0 aromatic heterocycles. The summed E-state index contributed by atoms with van der Waals surface area (Å²) < 4.78 is 5.35. The predicted octanol–water partition coefficient (Wildman–Crippen LogP) is 2.87. The van der Waals surface area contributed by atoms with Gasteiger partial charge in [0.05, 0.1) is 24.8 Å². The van der Waals surface area contributed by atoms with Gasteiger partial charge in [-0.1, -0.05) is 30.3 Å². The maximum absolute atomic E-state index is 5.35. The Kier molecular flexibility index (Phi) is 5.69. The lowest BCUT2D eigenvalue weighted by Crippen LogP contribution is -2.42. The van der Waals surface area contributed by atoms with Crippen LogP contribution in [0.2, 0.25) is 0 Å². The molecule has 3 rings (SSSR count). The topological polar surface area (TPSA) is 48.9 Å². The minimum atomic E-state index is 0.754. The first-order valence-corrected chi connectivity index (χ1v) is 8.30. The lowest BCUT2D eigenvalue weighted by atomic mass is 10.2. The van der Waals surface area contributed by atoms with Crippen LogP contribution in [0.1, 0.15) is 5.56 Å². The first-order valence-electron chi connectivity index (χ1n) is 8.30. The van der Waals surface area contributed by atoms with Gasteiger partial charge in [-0.3, -0.25) is 0 Å². The summed E-state index contributed by atoms with van der Waals surface area (Å²) in [7, 11) is 1.68. The Morgan fingerprint density at radius 3 is 2.71 bits per heavy atom. The number of ether oxygens (including phenoxy) is 1. The smallest absolute Gasteiger partial charge is 0.121 e. The number of nitrogens with zero attached hydrogens (tertiary/aromatic N) is 2. The SMILES string of the molecule is COc1ccc(N=CN2CCNCC2)c(NCc2ccccc2)c1. The Balaban J connectivity index is 1.73. The molecule has 24 heavy (non-hydrogen) atoms. The van der Waals surface area contributed by atoms with Gasteiger partial charge in [0, 0.05) is 38.8 Å². The molecule has 0 bridgehead atoms. The first kappa shape index (κ1) is 16.3. The maximum Gasteiger partial charge on any atom is 0.121 e. The molecule has 0 radical (unpaired) electrons. The molecule has 0 saturated carbocycles. The standard InChI is InChI=1S/C19H24N4O/c1-24-17-7-8-18(22-15-23-11-9-20-10-12-23)19(13-17)21-14-16-5-3-2-4-6-16/h2-8,13,15,20-21H,9-12,14H2,1H3. The third kappa shape index (κ3) is 4.49. The molecule has 126 valence electrons. The van der Waals surface area contributed by atoms with Crippen molar-refractivity contribution in [1.29, 1.82) is 0 Å². The van der Waals surface area contributed by atoms with Crippen LogP contribution in [0.25, 0.3) is 0 Å². The van der Waals surface area contributed by atoms with E-state index in [4.69, 9.17) is 4.74 Å². The van der Waals surface area contributed by atoms with Crippen molar-refractivity contribution in [3.63, 3.8) is 0 Å². The van der Waals surface area contributed by atoms with E-state index >= 15 is 0 Å². The maximum atomic E-state index is 5.35. The molecule has 1 aliphatic rings. The quantitative estimate of drug-likeness (QED) is 0.634. The number of aliphatic imine (C=N–C) groups is 1. The van der Waals surface area contributed by atoms with Crippen LogP contribution in [-0.4, -0.2) is 44.5 Å². The van der Waals surface area contributed by atoms with E-state index in [1.165, 1.54) is 5.56 Å². The van der Waals surface area contributed by atoms with Crippen molar-refractivity contribution in [1.82, 2.24) is 10.2 Å². The molecule has 0 amide bonds. The van der Waals surface area contributed by atoms with Gasteiger partial charge in [-0.15, -0.1) is 0 Å². The summed E-state index contributed by atoms with van der Waals surface area (Å²) in [5.41, 5.74) is 3.13. The van der Waals surface area contributed by atoms with Gasteiger partial charge in [-0.05, 0) is 17.7 Å². The Morgan fingerprint density at radius 2 is 1.96 bits per heavy atom. The fourth-order valence-corrected chi connectivity index (χ4v) is 2.63. The Hall–Kier alpha value is -2.53. The highest BCUT2D eigenvalue weighted by Crippen LogP contribution is 2.29. The Labute approximate surface area is 143 Å². The van der Waals surface area contributed by atoms with Gasteiger partial charge in [0.2, 0.25) is 0 Å². The molecule has 1 heterocycles. The van der Waals surface area contributed by atoms with Crippen molar-refractivity contribution in [3.05, 3.63) is 54.1 Å². The van der Waals surface area contributed by atoms with Crippen molar-refractivity contribution in [3.8, 4) is 5.75 Å². The highest BCUT2D eigenvalue weighted by Gasteiger charge is 2.07. The van der Waals surface area contributed by atoms with E-state index in [1.54, 1.807) is 7.11 Å². The molecule has 0 spiro atoms. The molecule has 1 saturated heterocycles. The van der Waals surface area contributed by atoms with Gasteiger partial charge >= 0.3 is 0 Å². The molecule has 1 fully saturated rings. The van der Waals surface area contributed by atoms with Crippen molar-refractivity contribution in [2.45, 2.75) is 6.54 Å². The van der Waals surface area contributed by atoms with Gasteiger partial charge < -0.3 is 20.3 Å². The molecule has 2 aromatic rings. The van der Waals surface area contributed by atoms with Crippen molar-refractivity contribution in [2.75, 3.05) is 38.6 Å². The fraction of sp³-hybridized carbons (Fsp3) is 0.316. The van der Waals surface area contributed by atoms with Crippen LogP contribution in [-0.2, 0) is 6.54 Å². The highest BCUT2D eigenvalue weighted by molar-refractivity contribution is 5.73. The van der Waals surface area contributed by atoms with E-state index in [-0.39, 0.29) is 0 Å². The third-order valence-corrected chi connectivity index (χ3v) is 4.04. The van der Waals surface area contributed by atoms with Gasteiger partial charge in [0.15, 0.2) is 0 Å². The lowest BCUT2D eigenvalue weighted by Gasteiger charge is -2.24. The average molecular weight is 324 g/mol. The monoisotopic (exact) mass is 324 g/mol. The summed E-state index contributed by atoms with van der Waals surface area (Å²) in [6, 6.07) is 16.3. The van der Waals surface area contributed by atoms with Crippen LogP contribution < -0.4 is 15.4 Å². The van der Waals surface area contributed by atoms with Gasteiger partial charge in [0.1, 0.15) is 5.75 Å². The van der Waals surface area contributed by atoms with Crippen molar-refractivity contribution >= 4 is 17.7 Å². The zero-order valence-corrected chi connectivity index (χ0v) is 14.0. The van der Waals surface area contributed by atoms with E-state index in [1.807, 2.05) is 42.7 Å². The van der Waals surface area contributed by atoms with Gasteiger partial charge in [-0.2, -0.15) is 0 Å². The molecule has 0 aliphatic carbocycles. The zero-order valence-electron chi connectivity index (χ0n) is 14.0. The normalized spacial score (nSPS) is 14.8. The fourth-order valence-electron chi connectivity index (χ4n) is 2.63. The number of hydrogen-bond donors (Lipinski definition) is 2. The van der Waals surface area contributed by atoms with Crippen LogP contribution in [0.4, 0.5) is 11.4 Å². The van der Waals surface area contributed by atoms with Crippen LogP contribution in [0, 0.1) is 0 Å². The number of piperazine rings is 1. The Bertz CT molecular complexity index is 666. The van der Waals surface area contributed by atoms with Crippen LogP contribution in [0.3, 0.4) is 0 Å². The number of hydrogen-bond acceptors (Lipinski definition) is 4. The van der Waals surface area contributed by atoms with E-state index in [0.717, 1.165) is 49.8 Å². The summed E-state index contributed by atoms with van der Waals surface area (Å²) in [5.74, 6) is 0.826. The third-order valence-electron chi connectivity index (χ3n) is 4.04. The largest absolute Gasteiger partial charge is 0.497 e. The van der Waals surface area contributed by atoms with Crippen LogP contribution >= 0.6 is 0 Å².